The summed E-state index contributed by atoms with van der Waals surface area (Å²) in [5.74, 6) is 0. The van der Waals surface area contributed by atoms with Crippen LogP contribution in [0.5, 0.6) is 0 Å². The minimum atomic E-state index is 0.695. The monoisotopic (exact) mass is 190 g/mol. The van der Waals surface area contributed by atoms with Crippen molar-refractivity contribution in [2.45, 2.75) is 6.42 Å². The summed E-state index contributed by atoms with van der Waals surface area (Å²) in [4.78, 5) is 0. The zero-order chi connectivity index (χ0) is 8.27. The van der Waals surface area contributed by atoms with Crippen molar-refractivity contribution in [2.24, 2.45) is 0 Å². The number of hydrogen-bond donors (Lipinski definition) is 1. The van der Waals surface area contributed by atoms with Crippen LogP contribution in [0.3, 0.4) is 0 Å². The molecule has 3 N–H and O–H groups in total. The second kappa shape index (κ2) is 3.96. The Labute approximate surface area is 76.1 Å². The Morgan fingerprint density at radius 2 is 1.64 bits per heavy atom. The average Bonchev–Trinajstić information content (AvgIpc) is 1.85. The lowest BCUT2D eigenvalue weighted by Crippen LogP contribution is -2.51. The third-order valence-electron chi connectivity index (χ3n) is 1.39. The first-order valence-corrected chi connectivity index (χ1v) is 4.22. The SMILES string of the molecule is [NH3+]CCc1cc(Cl)cc(Cl)c1. The molecule has 0 aromatic heterocycles. The molecule has 0 fully saturated rings. The Kier molecular flexibility index (Phi) is 3.18. The molecular weight excluding hydrogens is 181 g/mol. The van der Waals surface area contributed by atoms with E-state index in [-0.39, 0.29) is 0 Å². The first-order chi connectivity index (χ1) is 5.22. The van der Waals surface area contributed by atoms with Crippen molar-refractivity contribution >= 4 is 23.2 Å². The van der Waals surface area contributed by atoms with Crippen LogP contribution in [0.15, 0.2) is 18.2 Å². The highest BCUT2D eigenvalue weighted by molar-refractivity contribution is 6.34. The standard InChI is InChI=1S/C8H9Cl2N/c9-7-3-6(1-2-11)4-8(10)5-7/h3-5H,1-2,11H2/p+1. The molecule has 0 amide bonds. The lowest BCUT2D eigenvalue weighted by Gasteiger charge is -1.98. The van der Waals surface area contributed by atoms with E-state index in [1.165, 1.54) is 0 Å². The van der Waals surface area contributed by atoms with Crippen LogP contribution in [0, 0.1) is 0 Å². The predicted molar refractivity (Wildman–Crippen MR) is 47.9 cm³/mol. The van der Waals surface area contributed by atoms with Gasteiger partial charge in [-0.3, -0.25) is 0 Å². The van der Waals surface area contributed by atoms with Gasteiger partial charge in [-0.25, -0.2) is 0 Å². The van der Waals surface area contributed by atoms with Crippen molar-refractivity contribution in [1.82, 2.24) is 0 Å². The first-order valence-electron chi connectivity index (χ1n) is 3.46. The van der Waals surface area contributed by atoms with Crippen LogP contribution in [0.25, 0.3) is 0 Å². The Balaban J connectivity index is 2.89. The molecule has 0 atom stereocenters. The minimum absolute atomic E-state index is 0.695. The number of rotatable bonds is 2. The highest BCUT2D eigenvalue weighted by Gasteiger charge is 1.97. The van der Waals surface area contributed by atoms with Gasteiger partial charge < -0.3 is 5.73 Å². The van der Waals surface area contributed by atoms with Crippen LogP contribution >= 0.6 is 23.2 Å². The van der Waals surface area contributed by atoms with Gasteiger partial charge in [0, 0.05) is 16.5 Å². The lowest BCUT2D eigenvalue weighted by atomic mass is 10.1. The van der Waals surface area contributed by atoms with Crippen LogP contribution < -0.4 is 5.73 Å². The van der Waals surface area contributed by atoms with Gasteiger partial charge in [-0.15, -0.1) is 0 Å². The van der Waals surface area contributed by atoms with Gasteiger partial charge in [0.25, 0.3) is 0 Å². The van der Waals surface area contributed by atoms with Gasteiger partial charge in [0.2, 0.25) is 0 Å². The molecule has 0 radical (unpaired) electrons. The quantitative estimate of drug-likeness (QED) is 0.737. The van der Waals surface area contributed by atoms with Gasteiger partial charge in [-0.05, 0) is 23.8 Å². The molecule has 0 aliphatic carbocycles. The molecule has 0 heterocycles. The fraction of sp³-hybridized carbons (Fsp3) is 0.250. The lowest BCUT2D eigenvalue weighted by molar-refractivity contribution is -0.366. The summed E-state index contributed by atoms with van der Waals surface area (Å²) < 4.78 is 0. The Morgan fingerprint density at radius 1 is 1.09 bits per heavy atom. The van der Waals surface area contributed by atoms with E-state index in [2.05, 4.69) is 5.73 Å². The number of hydrogen-bond acceptors (Lipinski definition) is 0. The van der Waals surface area contributed by atoms with Gasteiger partial charge in [0.05, 0.1) is 6.54 Å². The fourth-order valence-electron chi connectivity index (χ4n) is 0.959. The van der Waals surface area contributed by atoms with Gasteiger partial charge >= 0.3 is 0 Å². The molecule has 11 heavy (non-hydrogen) atoms. The number of benzene rings is 1. The van der Waals surface area contributed by atoms with E-state index in [1.807, 2.05) is 12.1 Å². The van der Waals surface area contributed by atoms with Gasteiger partial charge in [-0.1, -0.05) is 23.2 Å². The molecule has 60 valence electrons. The maximum Gasteiger partial charge on any atom is 0.0780 e. The maximum atomic E-state index is 5.78. The molecule has 0 unspecified atom stereocenters. The van der Waals surface area contributed by atoms with Crippen LogP contribution in [-0.2, 0) is 6.42 Å². The molecular formula is C8H10Cl2N+. The summed E-state index contributed by atoms with van der Waals surface area (Å²) in [7, 11) is 0. The van der Waals surface area contributed by atoms with E-state index in [1.54, 1.807) is 6.07 Å². The van der Waals surface area contributed by atoms with E-state index in [0.29, 0.717) is 10.0 Å². The number of halogens is 2. The van der Waals surface area contributed by atoms with E-state index in [9.17, 15) is 0 Å². The minimum Gasteiger partial charge on any atom is -0.357 e. The average molecular weight is 191 g/mol. The van der Waals surface area contributed by atoms with E-state index >= 15 is 0 Å². The number of quaternary nitrogens is 1. The molecule has 1 rings (SSSR count). The van der Waals surface area contributed by atoms with Crippen LogP contribution in [0.4, 0.5) is 0 Å². The van der Waals surface area contributed by atoms with Gasteiger partial charge in [0.1, 0.15) is 0 Å². The van der Waals surface area contributed by atoms with Crippen LogP contribution in [-0.4, -0.2) is 6.54 Å². The summed E-state index contributed by atoms with van der Waals surface area (Å²) in [6.07, 6.45) is 0.931. The summed E-state index contributed by atoms with van der Waals surface area (Å²) >= 11 is 11.6. The zero-order valence-corrected chi connectivity index (χ0v) is 7.62. The highest BCUT2D eigenvalue weighted by Crippen LogP contribution is 2.18. The molecule has 0 saturated heterocycles. The zero-order valence-electron chi connectivity index (χ0n) is 6.11. The smallest absolute Gasteiger partial charge is 0.0780 e. The van der Waals surface area contributed by atoms with E-state index in [0.717, 1.165) is 18.5 Å². The Bertz CT molecular complexity index is 228. The molecule has 3 heteroatoms. The molecule has 0 saturated carbocycles. The van der Waals surface area contributed by atoms with E-state index in [4.69, 9.17) is 23.2 Å². The summed E-state index contributed by atoms with van der Waals surface area (Å²) in [6.45, 7) is 0.872. The normalized spacial score (nSPS) is 10.1. The molecule has 1 aromatic rings. The van der Waals surface area contributed by atoms with Crippen molar-refractivity contribution in [2.75, 3.05) is 6.54 Å². The third kappa shape index (κ3) is 2.70. The largest absolute Gasteiger partial charge is 0.357 e. The topological polar surface area (TPSA) is 27.6 Å². The van der Waals surface area contributed by atoms with Crippen molar-refractivity contribution < 1.29 is 5.73 Å². The third-order valence-corrected chi connectivity index (χ3v) is 1.82. The highest BCUT2D eigenvalue weighted by atomic mass is 35.5. The summed E-state index contributed by atoms with van der Waals surface area (Å²) in [5, 5.41) is 1.39. The fourth-order valence-corrected chi connectivity index (χ4v) is 1.53. The Hall–Kier alpha value is -0.240. The summed E-state index contributed by atoms with van der Waals surface area (Å²) in [6, 6.07) is 5.56. The molecule has 1 aromatic carbocycles. The maximum absolute atomic E-state index is 5.78. The van der Waals surface area contributed by atoms with Crippen molar-refractivity contribution in [3.63, 3.8) is 0 Å². The van der Waals surface area contributed by atoms with Crippen molar-refractivity contribution in [1.29, 1.82) is 0 Å². The predicted octanol–water partition coefficient (Wildman–Crippen LogP) is 1.78. The van der Waals surface area contributed by atoms with E-state index < -0.39 is 0 Å². The summed E-state index contributed by atoms with van der Waals surface area (Å²) in [5.41, 5.74) is 4.90. The second-order valence-electron chi connectivity index (χ2n) is 2.38. The molecule has 0 aliphatic heterocycles. The molecule has 1 nitrogen and oxygen atoms in total. The molecule has 0 spiro atoms. The van der Waals surface area contributed by atoms with Gasteiger partial charge in [-0.2, -0.15) is 0 Å². The van der Waals surface area contributed by atoms with Crippen molar-refractivity contribution in [3.05, 3.63) is 33.8 Å². The van der Waals surface area contributed by atoms with Crippen LogP contribution in [0.2, 0.25) is 10.0 Å². The second-order valence-corrected chi connectivity index (χ2v) is 3.25. The van der Waals surface area contributed by atoms with Crippen LogP contribution in [0.1, 0.15) is 5.56 Å². The molecule has 0 bridgehead atoms. The molecule has 0 aliphatic rings. The first kappa shape index (κ1) is 8.85. The van der Waals surface area contributed by atoms with Gasteiger partial charge in [0.15, 0.2) is 0 Å². The Morgan fingerprint density at radius 3 is 2.09 bits per heavy atom. The van der Waals surface area contributed by atoms with Crippen molar-refractivity contribution in [3.8, 4) is 0 Å².